The van der Waals surface area contributed by atoms with Crippen molar-refractivity contribution in [3.8, 4) is 0 Å². The molecule has 0 aromatic heterocycles. The second-order valence-corrected chi connectivity index (χ2v) is 5.27. The molecular weight excluding hydrogens is 238 g/mol. The molecule has 2 saturated heterocycles. The number of ether oxygens (including phenoxy) is 2. The maximum Gasteiger partial charge on any atom is 0.313 e. The molecule has 0 aromatic carbocycles. The van der Waals surface area contributed by atoms with Gasteiger partial charge in [0.1, 0.15) is 5.41 Å². The van der Waals surface area contributed by atoms with E-state index in [1.165, 1.54) is 0 Å². The molecule has 0 saturated carbocycles. The molecule has 6 heteroatoms. The topological polar surface area (TPSA) is 84.9 Å². The fourth-order valence-corrected chi connectivity index (χ4v) is 2.44. The van der Waals surface area contributed by atoms with E-state index < -0.39 is 17.4 Å². The molecule has 6 nitrogen and oxygen atoms in total. The second kappa shape index (κ2) is 4.85. The summed E-state index contributed by atoms with van der Waals surface area (Å²) in [6.45, 7) is 4.41. The van der Waals surface area contributed by atoms with Gasteiger partial charge in [0.2, 0.25) is 5.91 Å². The summed E-state index contributed by atoms with van der Waals surface area (Å²) in [4.78, 5) is 23.3. The molecule has 2 aliphatic heterocycles. The minimum absolute atomic E-state index is 0.108. The van der Waals surface area contributed by atoms with Crippen molar-refractivity contribution in [2.45, 2.75) is 32.4 Å². The van der Waals surface area contributed by atoms with Crippen LogP contribution in [0.25, 0.3) is 0 Å². The molecular formula is C12H19NO5. The van der Waals surface area contributed by atoms with Crippen LogP contribution in [0.2, 0.25) is 0 Å². The number of carbonyl (C=O) groups is 2. The molecule has 4 unspecified atom stereocenters. The van der Waals surface area contributed by atoms with Crippen molar-refractivity contribution in [2.75, 3.05) is 19.8 Å². The minimum atomic E-state index is -1.04. The fourth-order valence-electron chi connectivity index (χ4n) is 2.44. The van der Waals surface area contributed by atoms with Gasteiger partial charge in [-0.3, -0.25) is 9.59 Å². The van der Waals surface area contributed by atoms with Crippen LogP contribution in [0.1, 0.15) is 20.3 Å². The second-order valence-electron chi connectivity index (χ2n) is 5.27. The van der Waals surface area contributed by atoms with E-state index in [1.807, 2.05) is 6.92 Å². The molecule has 2 N–H and O–H groups in total. The summed E-state index contributed by atoms with van der Waals surface area (Å²) in [7, 11) is 0. The Morgan fingerprint density at radius 1 is 1.44 bits per heavy atom. The van der Waals surface area contributed by atoms with Gasteiger partial charge >= 0.3 is 5.97 Å². The van der Waals surface area contributed by atoms with E-state index in [9.17, 15) is 14.7 Å². The number of aliphatic carboxylic acids is 1. The number of carboxylic acids is 1. The van der Waals surface area contributed by atoms with E-state index in [-0.39, 0.29) is 31.1 Å². The van der Waals surface area contributed by atoms with Crippen molar-refractivity contribution >= 4 is 11.9 Å². The third-order valence-electron chi connectivity index (χ3n) is 3.97. The van der Waals surface area contributed by atoms with Crippen LogP contribution in [-0.2, 0) is 19.1 Å². The van der Waals surface area contributed by atoms with E-state index in [0.29, 0.717) is 13.0 Å². The number of carboxylic acid groups (broad SMARTS) is 1. The standard InChI is InChI=1S/C12H19NO5/c1-7-8(3-4-18-7)10(14)13-9-5-17-6-12(9,2)11(15)16/h7-9H,3-6H2,1-2H3,(H,13,14)(H,15,16). The van der Waals surface area contributed by atoms with Gasteiger partial charge in [-0.2, -0.15) is 0 Å². The van der Waals surface area contributed by atoms with Gasteiger partial charge in [0, 0.05) is 6.61 Å². The molecule has 2 aliphatic rings. The van der Waals surface area contributed by atoms with Crippen molar-refractivity contribution in [2.24, 2.45) is 11.3 Å². The molecule has 4 atom stereocenters. The lowest BCUT2D eigenvalue weighted by Gasteiger charge is -2.27. The van der Waals surface area contributed by atoms with Gasteiger partial charge in [-0.15, -0.1) is 0 Å². The first kappa shape index (κ1) is 13.3. The van der Waals surface area contributed by atoms with Crippen molar-refractivity contribution in [1.29, 1.82) is 0 Å². The Balaban J connectivity index is 2.00. The van der Waals surface area contributed by atoms with Crippen LogP contribution in [0.4, 0.5) is 0 Å². The number of hydrogen-bond donors (Lipinski definition) is 2. The first-order chi connectivity index (χ1) is 8.45. The van der Waals surface area contributed by atoms with Crippen LogP contribution in [-0.4, -0.2) is 48.9 Å². The molecule has 2 rings (SSSR count). The third kappa shape index (κ3) is 2.22. The number of rotatable bonds is 3. The van der Waals surface area contributed by atoms with Gasteiger partial charge in [0.25, 0.3) is 0 Å². The lowest BCUT2D eigenvalue weighted by Crippen LogP contribution is -2.51. The molecule has 2 fully saturated rings. The van der Waals surface area contributed by atoms with Crippen LogP contribution in [0.15, 0.2) is 0 Å². The fraction of sp³-hybridized carbons (Fsp3) is 0.833. The summed E-state index contributed by atoms with van der Waals surface area (Å²) in [6.07, 6.45) is 0.577. The Morgan fingerprint density at radius 2 is 2.17 bits per heavy atom. The molecule has 0 aliphatic carbocycles. The third-order valence-corrected chi connectivity index (χ3v) is 3.97. The van der Waals surface area contributed by atoms with Crippen LogP contribution in [0.5, 0.6) is 0 Å². The smallest absolute Gasteiger partial charge is 0.313 e. The normalized spacial score (nSPS) is 39.8. The molecule has 2 heterocycles. The van der Waals surface area contributed by atoms with Crippen LogP contribution >= 0.6 is 0 Å². The zero-order valence-corrected chi connectivity index (χ0v) is 10.6. The highest BCUT2D eigenvalue weighted by molar-refractivity contribution is 5.82. The highest BCUT2D eigenvalue weighted by atomic mass is 16.5. The van der Waals surface area contributed by atoms with E-state index >= 15 is 0 Å². The largest absolute Gasteiger partial charge is 0.481 e. The van der Waals surface area contributed by atoms with E-state index in [1.54, 1.807) is 6.92 Å². The van der Waals surface area contributed by atoms with Gasteiger partial charge in [-0.25, -0.2) is 0 Å². The highest BCUT2D eigenvalue weighted by Crippen LogP contribution is 2.30. The van der Waals surface area contributed by atoms with E-state index in [4.69, 9.17) is 9.47 Å². The maximum absolute atomic E-state index is 12.1. The quantitative estimate of drug-likeness (QED) is 0.744. The van der Waals surface area contributed by atoms with Crippen molar-refractivity contribution in [1.82, 2.24) is 5.32 Å². The maximum atomic E-state index is 12.1. The Bertz CT molecular complexity index is 358. The summed E-state index contributed by atoms with van der Waals surface area (Å²) in [6, 6.07) is -0.477. The van der Waals surface area contributed by atoms with Gasteiger partial charge in [0.05, 0.1) is 31.3 Å². The molecule has 0 aromatic rings. The molecule has 0 bridgehead atoms. The zero-order chi connectivity index (χ0) is 13.3. The Morgan fingerprint density at radius 3 is 2.72 bits per heavy atom. The lowest BCUT2D eigenvalue weighted by atomic mass is 9.85. The van der Waals surface area contributed by atoms with Crippen molar-refractivity contribution in [3.63, 3.8) is 0 Å². The van der Waals surface area contributed by atoms with E-state index in [2.05, 4.69) is 5.32 Å². The van der Waals surface area contributed by atoms with Crippen LogP contribution < -0.4 is 5.32 Å². The lowest BCUT2D eigenvalue weighted by molar-refractivity contribution is -0.149. The number of nitrogens with one attached hydrogen (secondary N) is 1. The van der Waals surface area contributed by atoms with Crippen molar-refractivity contribution in [3.05, 3.63) is 0 Å². The summed E-state index contributed by atoms with van der Waals surface area (Å²) in [5.41, 5.74) is -1.04. The van der Waals surface area contributed by atoms with Crippen LogP contribution in [0, 0.1) is 11.3 Å². The summed E-state index contributed by atoms with van der Waals surface area (Å²) >= 11 is 0. The summed E-state index contributed by atoms with van der Waals surface area (Å²) < 4.78 is 10.5. The monoisotopic (exact) mass is 257 g/mol. The first-order valence-corrected chi connectivity index (χ1v) is 6.18. The molecule has 0 spiro atoms. The number of hydrogen-bond acceptors (Lipinski definition) is 4. The van der Waals surface area contributed by atoms with E-state index in [0.717, 1.165) is 0 Å². The van der Waals surface area contributed by atoms with Crippen molar-refractivity contribution < 1.29 is 24.2 Å². The van der Waals surface area contributed by atoms with Gasteiger partial charge in [0.15, 0.2) is 0 Å². The Kier molecular flexibility index (Phi) is 3.59. The van der Waals surface area contributed by atoms with Crippen LogP contribution in [0.3, 0.4) is 0 Å². The summed E-state index contributed by atoms with van der Waals surface area (Å²) in [5, 5.41) is 12.0. The minimum Gasteiger partial charge on any atom is -0.481 e. The average molecular weight is 257 g/mol. The summed E-state index contributed by atoms with van der Waals surface area (Å²) in [5.74, 6) is -1.27. The SMILES string of the molecule is CC1OCCC1C(=O)NC1COCC1(C)C(=O)O. The Labute approximate surface area is 106 Å². The molecule has 0 radical (unpaired) electrons. The predicted molar refractivity (Wildman–Crippen MR) is 62.0 cm³/mol. The average Bonchev–Trinajstić information content (AvgIpc) is 2.87. The predicted octanol–water partition coefficient (Wildman–Crippen LogP) is 0.0173. The van der Waals surface area contributed by atoms with Gasteiger partial charge < -0.3 is 19.9 Å². The van der Waals surface area contributed by atoms with Gasteiger partial charge in [-0.05, 0) is 20.3 Å². The highest BCUT2D eigenvalue weighted by Gasteiger charge is 2.48. The van der Waals surface area contributed by atoms with Gasteiger partial charge in [-0.1, -0.05) is 0 Å². The zero-order valence-electron chi connectivity index (χ0n) is 10.6. The molecule has 1 amide bonds. The molecule has 18 heavy (non-hydrogen) atoms. The molecule has 102 valence electrons. The number of amides is 1. The Hall–Kier alpha value is -1.14. The first-order valence-electron chi connectivity index (χ1n) is 6.18. The number of carbonyl (C=O) groups excluding carboxylic acids is 1.